The van der Waals surface area contributed by atoms with Gasteiger partial charge in [-0.05, 0) is 42.6 Å². The molecule has 3 nitrogen and oxygen atoms in total. The van der Waals surface area contributed by atoms with Crippen molar-refractivity contribution >= 4 is 21.7 Å². The summed E-state index contributed by atoms with van der Waals surface area (Å²) in [5.74, 6) is 0.374. The van der Waals surface area contributed by atoms with Crippen molar-refractivity contribution in [3.05, 3.63) is 15.9 Å². The van der Waals surface area contributed by atoms with E-state index in [9.17, 15) is 4.79 Å². The molecule has 1 aromatic rings. The minimum atomic E-state index is 0.109. The number of ketones is 1. The highest BCUT2D eigenvalue weighted by atomic mass is 79.9. The van der Waals surface area contributed by atoms with Gasteiger partial charge in [0.25, 0.3) is 0 Å². The van der Waals surface area contributed by atoms with Gasteiger partial charge in [0.05, 0.1) is 15.9 Å². The topological polar surface area (TPSA) is 34.9 Å². The fourth-order valence-corrected chi connectivity index (χ4v) is 2.75. The molecule has 0 aliphatic rings. The highest BCUT2D eigenvalue weighted by molar-refractivity contribution is 9.10. The lowest BCUT2D eigenvalue weighted by Crippen LogP contribution is -2.16. The van der Waals surface area contributed by atoms with Crippen LogP contribution in [-0.2, 0) is 24.2 Å². The zero-order valence-corrected chi connectivity index (χ0v) is 12.7. The lowest BCUT2D eigenvalue weighted by molar-refractivity contribution is -0.120. The lowest BCUT2D eigenvalue weighted by atomic mass is 9.96. The molecule has 0 aromatic carbocycles. The van der Waals surface area contributed by atoms with Crippen molar-refractivity contribution in [3.8, 4) is 0 Å². The molecule has 0 saturated carbocycles. The number of Topliss-reactive ketones (excluding diaryl/α,β-unsaturated/α-hetero) is 1. The maximum Gasteiger partial charge on any atom is 0.133 e. The van der Waals surface area contributed by atoms with E-state index in [1.54, 1.807) is 6.92 Å². The summed E-state index contributed by atoms with van der Waals surface area (Å²) in [6, 6.07) is 0. The molecular weight excluding hydrogens is 280 g/mol. The van der Waals surface area contributed by atoms with E-state index in [1.807, 2.05) is 4.68 Å². The fourth-order valence-electron chi connectivity index (χ4n) is 2.02. The molecule has 0 saturated heterocycles. The van der Waals surface area contributed by atoms with Crippen molar-refractivity contribution in [2.75, 3.05) is 0 Å². The Morgan fingerprint density at radius 1 is 1.41 bits per heavy atom. The van der Waals surface area contributed by atoms with Gasteiger partial charge in [-0.2, -0.15) is 5.10 Å². The molecule has 0 N–H and O–H groups in total. The summed E-state index contributed by atoms with van der Waals surface area (Å²) in [5, 5.41) is 4.55. The molecule has 17 heavy (non-hydrogen) atoms. The number of hydrogen-bond donors (Lipinski definition) is 0. The summed E-state index contributed by atoms with van der Waals surface area (Å²) in [4.78, 5) is 11.5. The Labute approximate surface area is 112 Å². The van der Waals surface area contributed by atoms with E-state index >= 15 is 0 Å². The van der Waals surface area contributed by atoms with Gasteiger partial charge in [-0.25, -0.2) is 0 Å². The van der Waals surface area contributed by atoms with Crippen LogP contribution in [0, 0.1) is 5.92 Å². The van der Waals surface area contributed by atoms with Crippen molar-refractivity contribution in [2.45, 2.75) is 53.5 Å². The van der Waals surface area contributed by atoms with Gasteiger partial charge < -0.3 is 0 Å². The number of aromatic nitrogens is 2. The van der Waals surface area contributed by atoms with Gasteiger partial charge in [-0.3, -0.25) is 9.48 Å². The number of carbonyl (C=O) groups excluding carboxylic acids is 1. The fraction of sp³-hybridized carbons (Fsp3) is 0.692. The van der Waals surface area contributed by atoms with Crippen molar-refractivity contribution < 1.29 is 4.79 Å². The van der Waals surface area contributed by atoms with E-state index < -0.39 is 0 Å². The Morgan fingerprint density at radius 2 is 2.06 bits per heavy atom. The predicted octanol–water partition coefficient (Wildman–Crippen LogP) is 3.39. The lowest BCUT2D eigenvalue weighted by Gasteiger charge is -2.12. The molecule has 0 aliphatic carbocycles. The van der Waals surface area contributed by atoms with E-state index in [0.29, 0.717) is 0 Å². The Morgan fingerprint density at radius 3 is 2.47 bits per heavy atom. The number of halogens is 1. The van der Waals surface area contributed by atoms with Gasteiger partial charge in [0, 0.05) is 18.9 Å². The van der Waals surface area contributed by atoms with E-state index in [-0.39, 0.29) is 11.7 Å². The minimum absolute atomic E-state index is 0.109. The van der Waals surface area contributed by atoms with Gasteiger partial charge in [-0.15, -0.1) is 0 Å². The van der Waals surface area contributed by atoms with Gasteiger partial charge in [-0.1, -0.05) is 13.8 Å². The largest absolute Gasteiger partial charge is 0.300 e. The van der Waals surface area contributed by atoms with Gasteiger partial charge in [0.2, 0.25) is 0 Å². The molecule has 0 amide bonds. The standard InChI is InChI=1S/C13H21BrN2O/c1-5-10(9(4)17)8-12-13(14)11(6-2)15-16(12)7-3/h10H,5-8H2,1-4H3. The van der Waals surface area contributed by atoms with Crippen LogP contribution in [0.1, 0.15) is 45.5 Å². The van der Waals surface area contributed by atoms with E-state index in [1.165, 1.54) is 0 Å². The molecule has 0 radical (unpaired) electrons. The third kappa shape index (κ3) is 3.18. The van der Waals surface area contributed by atoms with Gasteiger partial charge >= 0.3 is 0 Å². The Kier molecular flexibility index (Phi) is 5.37. The van der Waals surface area contributed by atoms with Crippen LogP contribution in [0.3, 0.4) is 0 Å². The number of carbonyl (C=O) groups is 1. The number of aryl methyl sites for hydroxylation is 2. The van der Waals surface area contributed by atoms with Crippen molar-refractivity contribution in [1.82, 2.24) is 9.78 Å². The molecular formula is C13H21BrN2O. The van der Waals surface area contributed by atoms with Crippen LogP contribution in [0.15, 0.2) is 4.47 Å². The third-order valence-corrected chi connectivity index (χ3v) is 4.12. The monoisotopic (exact) mass is 300 g/mol. The molecule has 1 rings (SSSR count). The second-order valence-corrected chi connectivity index (χ2v) is 5.09. The Hall–Kier alpha value is -0.640. The summed E-state index contributed by atoms with van der Waals surface area (Å²) in [6.07, 6.45) is 2.59. The maximum atomic E-state index is 11.5. The van der Waals surface area contributed by atoms with Crippen LogP contribution >= 0.6 is 15.9 Å². The van der Waals surface area contributed by atoms with Gasteiger partial charge in [0.1, 0.15) is 5.78 Å². The summed E-state index contributed by atoms with van der Waals surface area (Å²) in [7, 11) is 0. The molecule has 0 spiro atoms. The van der Waals surface area contributed by atoms with Crippen LogP contribution < -0.4 is 0 Å². The SMILES string of the molecule is CCc1nn(CC)c(CC(CC)C(C)=O)c1Br. The molecule has 1 aromatic heterocycles. The second-order valence-electron chi connectivity index (χ2n) is 4.30. The molecule has 1 atom stereocenters. The number of rotatable bonds is 6. The van der Waals surface area contributed by atoms with E-state index in [4.69, 9.17) is 0 Å². The Bertz CT molecular complexity index is 398. The van der Waals surface area contributed by atoms with E-state index in [2.05, 4.69) is 41.8 Å². The van der Waals surface area contributed by atoms with Crippen LogP contribution in [-0.4, -0.2) is 15.6 Å². The summed E-state index contributed by atoms with van der Waals surface area (Å²) in [6.45, 7) is 8.77. The molecule has 0 bridgehead atoms. The summed E-state index contributed by atoms with van der Waals surface area (Å²) >= 11 is 3.62. The quantitative estimate of drug-likeness (QED) is 0.807. The molecule has 4 heteroatoms. The highest BCUT2D eigenvalue weighted by Crippen LogP contribution is 2.25. The molecule has 0 aliphatic heterocycles. The normalized spacial score (nSPS) is 12.8. The maximum absolute atomic E-state index is 11.5. The average Bonchev–Trinajstić information content (AvgIpc) is 2.62. The van der Waals surface area contributed by atoms with Crippen molar-refractivity contribution in [1.29, 1.82) is 0 Å². The molecule has 96 valence electrons. The third-order valence-electron chi connectivity index (χ3n) is 3.20. The first kappa shape index (κ1) is 14.4. The first-order chi connectivity index (χ1) is 8.04. The predicted molar refractivity (Wildman–Crippen MR) is 73.1 cm³/mol. The molecule has 1 heterocycles. The first-order valence-corrected chi connectivity index (χ1v) is 7.08. The molecule has 1 unspecified atom stereocenters. The van der Waals surface area contributed by atoms with Gasteiger partial charge in [0.15, 0.2) is 0 Å². The van der Waals surface area contributed by atoms with E-state index in [0.717, 1.165) is 41.7 Å². The van der Waals surface area contributed by atoms with Crippen LogP contribution in [0.2, 0.25) is 0 Å². The summed E-state index contributed by atoms with van der Waals surface area (Å²) < 4.78 is 3.09. The summed E-state index contributed by atoms with van der Waals surface area (Å²) in [5.41, 5.74) is 2.24. The smallest absolute Gasteiger partial charge is 0.133 e. The Balaban J connectivity index is 3.03. The first-order valence-electron chi connectivity index (χ1n) is 6.29. The second kappa shape index (κ2) is 6.34. The zero-order chi connectivity index (χ0) is 13.0. The van der Waals surface area contributed by atoms with Crippen molar-refractivity contribution in [3.63, 3.8) is 0 Å². The molecule has 0 fully saturated rings. The number of hydrogen-bond acceptors (Lipinski definition) is 2. The average molecular weight is 301 g/mol. The van der Waals surface area contributed by atoms with Crippen LogP contribution in [0.5, 0.6) is 0 Å². The minimum Gasteiger partial charge on any atom is -0.300 e. The van der Waals surface area contributed by atoms with Crippen LogP contribution in [0.25, 0.3) is 0 Å². The van der Waals surface area contributed by atoms with Crippen LogP contribution in [0.4, 0.5) is 0 Å². The van der Waals surface area contributed by atoms with Crippen molar-refractivity contribution in [2.24, 2.45) is 5.92 Å². The highest BCUT2D eigenvalue weighted by Gasteiger charge is 2.20. The number of nitrogens with zero attached hydrogens (tertiary/aromatic N) is 2. The zero-order valence-electron chi connectivity index (χ0n) is 11.1.